The minimum absolute atomic E-state index is 0. The minimum atomic E-state index is -0.839. The molecule has 0 aromatic carbocycles. The highest BCUT2D eigenvalue weighted by molar-refractivity contribution is 5.95. The molecule has 14 heavy (non-hydrogen) atoms. The largest absolute Gasteiger partial charge is 0.370 e. The van der Waals surface area contributed by atoms with Gasteiger partial charge in [-0.15, -0.1) is 12.4 Å². The molecular weight excluding hydrogens is 209 g/mol. The van der Waals surface area contributed by atoms with E-state index in [1.54, 1.807) is 6.92 Å². The van der Waals surface area contributed by atoms with Gasteiger partial charge in [-0.25, -0.2) is 4.39 Å². The van der Waals surface area contributed by atoms with Gasteiger partial charge in [-0.3, -0.25) is 15.7 Å². The average molecular weight is 226 g/mol. The fraction of sp³-hybridized carbons (Fsp3) is 0.714. The Kier molecular flexibility index (Phi) is 9.43. The Labute approximate surface area is 89.1 Å². The normalized spacial score (nSPS) is 12.9. The van der Waals surface area contributed by atoms with Crippen LogP contribution >= 0.6 is 12.4 Å². The molecule has 6 N–H and O–H groups in total. The molecule has 0 fully saturated rings. The molecule has 0 rings (SSSR count). The molecule has 0 spiro atoms. The Morgan fingerprint density at radius 2 is 2.14 bits per heavy atom. The highest BCUT2D eigenvalue weighted by atomic mass is 35.5. The first-order valence-corrected chi connectivity index (χ1v) is 4.11. The summed E-state index contributed by atoms with van der Waals surface area (Å²) in [6.07, 6.45) is -0.0133. The van der Waals surface area contributed by atoms with Crippen molar-refractivity contribution in [3.8, 4) is 0 Å². The molecule has 0 aromatic heterocycles. The van der Waals surface area contributed by atoms with E-state index in [-0.39, 0.29) is 24.3 Å². The van der Waals surface area contributed by atoms with Crippen molar-refractivity contribution in [2.24, 2.45) is 16.5 Å². The lowest BCUT2D eigenvalue weighted by Crippen LogP contribution is -2.40. The van der Waals surface area contributed by atoms with Crippen molar-refractivity contribution < 1.29 is 4.39 Å². The van der Waals surface area contributed by atoms with Crippen LogP contribution < -0.4 is 16.8 Å². The highest BCUT2D eigenvalue weighted by Crippen LogP contribution is 2.01. The van der Waals surface area contributed by atoms with Crippen molar-refractivity contribution in [3.05, 3.63) is 0 Å². The molecule has 0 aromatic rings. The maximum atomic E-state index is 12.6. The van der Waals surface area contributed by atoms with Crippen LogP contribution in [0.3, 0.4) is 0 Å². The van der Waals surface area contributed by atoms with Crippen LogP contribution in [0, 0.1) is 5.41 Å². The lowest BCUT2D eigenvalue weighted by Gasteiger charge is -2.03. The van der Waals surface area contributed by atoms with Crippen LogP contribution in [0.15, 0.2) is 4.99 Å². The second-order valence-corrected chi connectivity index (χ2v) is 2.60. The van der Waals surface area contributed by atoms with Crippen molar-refractivity contribution in [2.75, 3.05) is 6.54 Å². The molecule has 0 aliphatic carbocycles. The SMILES string of the molecule is CCC(F)CCN=C(N)NC(=N)N.Cl. The third kappa shape index (κ3) is 9.05. The van der Waals surface area contributed by atoms with Crippen molar-refractivity contribution in [1.82, 2.24) is 5.32 Å². The molecule has 7 heteroatoms. The number of hydrogen-bond donors (Lipinski definition) is 4. The topological polar surface area (TPSA) is 100 Å². The Hall–Kier alpha value is -1.04. The number of nitrogens with one attached hydrogen (secondary N) is 2. The molecular formula is C7H17ClFN5. The number of aliphatic imine (C=N–C) groups is 1. The van der Waals surface area contributed by atoms with E-state index in [9.17, 15) is 4.39 Å². The van der Waals surface area contributed by atoms with Crippen LogP contribution in [-0.4, -0.2) is 24.6 Å². The summed E-state index contributed by atoms with van der Waals surface area (Å²) in [5.74, 6) is -0.218. The quantitative estimate of drug-likeness (QED) is 0.410. The first-order chi connectivity index (χ1) is 6.06. The summed E-state index contributed by atoms with van der Waals surface area (Å²) in [5, 5.41) is 9.11. The van der Waals surface area contributed by atoms with Gasteiger partial charge in [0.15, 0.2) is 11.9 Å². The fourth-order valence-corrected chi connectivity index (χ4v) is 0.707. The number of nitrogens with zero attached hydrogens (tertiary/aromatic N) is 1. The number of guanidine groups is 2. The van der Waals surface area contributed by atoms with Gasteiger partial charge in [0.1, 0.15) is 6.17 Å². The van der Waals surface area contributed by atoms with Crippen LogP contribution in [0.1, 0.15) is 19.8 Å². The monoisotopic (exact) mass is 225 g/mol. The van der Waals surface area contributed by atoms with Crippen LogP contribution in [0.2, 0.25) is 0 Å². The molecule has 84 valence electrons. The first-order valence-electron chi connectivity index (χ1n) is 4.11. The standard InChI is InChI=1S/C7H16FN5.ClH/c1-2-5(8)3-4-12-7(11)13-6(9)10;/h5H,2-4H2,1H3,(H6,9,10,11,12,13);1H. The second-order valence-electron chi connectivity index (χ2n) is 2.60. The molecule has 0 saturated carbocycles. The predicted molar refractivity (Wildman–Crippen MR) is 58.6 cm³/mol. The molecule has 0 saturated heterocycles. The molecule has 0 aliphatic heterocycles. The van der Waals surface area contributed by atoms with Gasteiger partial charge in [-0.1, -0.05) is 6.92 Å². The molecule has 0 heterocycles. The zero-order chi connectivity index (χ0) is 10.3. The summed E-state index contributed by atoms with van der Waals surface area (Å²) in [7, 11) is 0. The molecule has 1 atom stereocenters. The minimum Gasteiger partial charge on any atom is -0.370 e. The van der Waals surface area contributed by atoms with Crippen molar-refractivity contribution in [2.45, 2.75) is 25.9 Å². The zero-order valence-corrected chi connectivity index (χ0v) is 8.90. The van der Waals surface area contributed by atoms with Crippen molar-refractivity contribution in [3.63, 3.8) is 0 Å². The van der Waals surface area contributed by atoms with E-state index in [2.05, 4.69) is 10.3 Å². The number of halogens is 2. The highest BCUT2D eigenvalue weighted by Gasteiger charge is 2.01. The van der Waals surface area contributed by atoms with Crippen LogP contribution in [0.5, 0.6) is 0 Å². The predicted octanol–water partition coefficient (Wildman–Crippen LogP) is 0.344. The lowest BCUT2D eigenvalue weighted by molar-refractivity contribution is 0.310. The maximum Gasteiger partial charge on any atom is 0.195 e. The zero-order valence-electron chi connectivity index (χ0n) is 8.09. The lowest BCUT2D eigenvalue weighted by atomic mass is 10.2. The van der Waals surface area contributed by atoms with Gasteiger partial charge in [0.05, 0.1) is 0 Å². The van der Waals surface area contributed by atoms with Gasteiger partial charge < -0.3 is 11.5 Å². The van der Waals surface area contributed by atoms with E-state index in [1.807, 2.05) is 0 Å². The number of hydrogen-bond acceptors (Lipinski definition) is 2. The van der Waals surface area contributed by atoms with Gasteiger partial charge in [0.2, 0.25) is 0 Å². The fourth-order valence-electron chi connectivity index (χ4n) is 0.707. The van der Waals surface area contributed by atoms with E-state index < -0.39 is 6.17 Å². The van der Waals surface area contributed by atoms with E-state index >= 15 is 0 Å². The first kappa shape index (κ1) is 15.4. The number of rotatable bonds is 4. The van der Waals surface area contributed by atoms with Crippen LogP contribution in [0.25, 0.3) is 0 Å². The average Bonchev–Trinajstić information content (AvgIpc) is 2.02. The Morgan fingerprint density at radius 1 is 1.57 bits per heavy atom. The third-order valence-electron chi connectivity index (χ3n) is 1.43. The summed E-state index contributed by atoms with van der Waals surface area (Å²) in [4.78, 5) is 3.77. The summed E-state index contributed by atoms with van der Waals surface area (Å²) in [6, 6.07) is 0. The maximum absolute atomic E-state index is 12.6. The van der Waals surface area contributed by atoms with E-state index in [0.29, 0.717) is 19.4 Å². The molecule has 0 bridgehead atoms. The third-order valence-corrected chi connectivity index (χ3v) is 1.43. The summed E-state index contributed by atoms with van der Waals surface area (Å²) < 4.78 is 12.6. The molecule has 1 unspecified atom stereocenters. The van der Waals surface area contributed by atoms with Gasteiger partial charge in [-0.05, 0) is 12.8 Å². The Morgan fingerprint density at radius 3 is 2.57 bits per heavy atom. The van der Waals surface area contributed by atoms with E-state index in [0.717, 1.165) is 0 Å². The van der Waals surface area contributed by atoms with E-state index in [1.165, 1.54) is 0 Å². The van der Waals surface area contributed by atoms with Gasteiger partial charge in [-0.2, -0.15) is 0 Å². The molecule has 5 nitrogen and oxygen atoms in total. The van der Waals surface area contributed by atoms with Crippen molar-refractivity contribution in [1.29, 1.82) is 5.41 Å². The van der Waals surface area contributed by atoms with Gasteiger partial charge >= 0.3 is 0 Å². The van der Waals surface area contributed by atoms with Crippen molar-refractivity contribution >= 4 is 24.3 Å². The van der Waals surface area contributed by atoms with Crippen LogP contribution in [0.4, 0.5) is 4.39 Å². The summed E-state index contributed by atoms with van der Waals surface area (Å²) >= 11 is 0. The molecule has 0 radical (unpaired) electrons. The Bertz CT molecular complexity index is 197. The van der Waals surface area contributed by atoms with Gasteiger partial charge in [0, 0.05) is 6.54 Å². The summed E-state index contributed by atoms with van der Waals surface area (Å²) in [5.41, 5.74) is 10.3. The molecule has 0 amide bonds. The van der Waals surface area contributed by atoms with E-state index in [4.69, 9.17) is 16.9 Å². The van der Waals surface area contributed by atoms with Gasteiger partial charge in [0.25, 0.3) is 0 Å². The Balaban J connectivity index is 0. The smallest absolute Gasteiger partial charge is 0.195 e. The molecule has 0 aliphatic rings. The number of nitrogens with two attached hydrogens (primary N) is 2. The number of alkyl halides is 1. The second kappa shape index (κ2) is 8.55. The summed E-state index contributed by atoms with van der Waals surface area (Å²) in [6.45, 7) is 2.08. The van der Waals surface area contributed by atoms with Crippen LogP contribution in [-0.2, 0) is 0 Å².